The van der Waals surface area contributed by atoms with Crippen molar-refractivity contribution in [1.29, 1.82) is 0 Å². The predicted octanol–water partition coefficient (Wildman–Crippen LogP) is 3.55. The highest BCUT2D eigenvalue weighted by atomic mass is 16.1. The topological polar surface area (TPSA) is 55.1 Å². The molecule has 3 nitrogen and oxygen atoms in total. The fraction of sp³-hybridized carbons (Fsp3) is 0.0556. The molecule has 0 radical (unpaired) electrons. The summed E-state index contributed by atoms with van der Waals surface area (Å²) in [5, 5.41) is 4.94. The van der Waals surface area contributed by atoms with Crippen LogP contribution in [-0.2, 0) is 6.54 Å². The molecule has 3 N–H and O–H groups in total. The molecule has 0 bridgehead atoms. The van der Waals surface area contributed by atoms with Crippen LogP contribution in [0.4, 0.5) is 5.69 Å². The number of nitrogens with one attached hydrogen (secondary N) is 1. The first-order valence-corrected chi connectivity index (χ1v) is 6.86. The molecule has 0 spiro atoms. The van der Waals surface area contributed by atoms with Gasteiger partial charge in [0, 0.05) is 17.8 Å². The van der Waals surface area contributed by atoms with E-state index >= 15 is 0 Å². The summed E-state index contributed by atoms with van der Waals surface area (Å²) in [6.07, 6.45) is 0. The number of hydrogen-bond acceptors (Lipinski definition) is 2. The van der Waals surface area contributed by atoms with Crippen LogP contribution in [0.3, 0.4) is 0 Å². The predicted molar refractivity (Wildman–Crippen MR) is 86.2 cm³/mol. The number of rotatable bonds is 3. The van der Waals surface area contributed by atoms with Gasteiger partial charge in [-0.15, -0.1) is 0 Å². The fourth-order valence-electron chi connectivity index (χ4n) is 2.35. The third kappa shape index (κ3) is 2.78. The highest BCUT2D eigenvalue weighted by Gasteiger charge is 2.09. The number of carbonyl (C=O) groups excluding carboxylic acids is 1. The minimum absolute atomic E-state index is 0.104. The smallest absolute Gasteiger partial charge is 0.256 e. The van der Waals surface area contributed by atoms with Gasteiger partial charge in [-0.1, -0.05) is 48.5 Å². The van der Waals surface area contributed by atoms with Gasteiger partial charge >= 0.3 is 0 Å². The van der Waals surface area contributed by atoms with E-state index < -0.39 is 0 Å². The summed E-state index contributed by atoms with van der Waals surface area (Å²) in [6.45, 7) is 0.498. The van der Waals surface area contributed by atoms with Crippen LogP contribution in [0.25, 0.3) is 10.8 Å². The van der Waals surface area contributed by atoms with Crippen LogP contribution in [0.5, 0.6) is 0 Å². The molecular weight excluding hydrogens is 260 g/mol. The molecule has 21 heavy (non-hydrogen) atoms. The molecular formula is C18H16N2O. The Morgan fingerprint density at radius 2 is 1.62 bits per heavy atom. The van der Waals surface area contributed by atoms with Gasteiger partial charge in [-0.3, -0.25) is 4.79 Å². The monoisotopic (exact) mass is 276 g/mol. The molecule has 0 aromatic heterocycles. The third-order valence-corrected chi connectivity index (χ3v) is 3.48. The van der Waals surface area contributed by atoms with Crippen LogP contribution in [0.15, 0.2) is 66.7 Å². The lowest BCUT2D eigenvalue weighted by Gasteiger charge is -2.08. The fourth-order valence-corrected chi connectivity index (χ4v) is 2.35. The van der Waals surface area contributed by atoms with Crippen molar-refractivity contribution in [3.05, 3.63) is 77.9 Å². The Balaban J connectivity index is 1.90. The molecule has 0 aliphatic heterocycles. The molecule has 3 heteroatoms. The molecule has 0 atom stereocenters. The van der Waals surface area contributed by atoms with E-state index in [-0.39, 0.29) is 5.91 Å². The first kappa shape index (κ1) is 13.3. The molecule has 3 aromatic carbocycles. The third-order valence-electron chi connectivity index (χ3n) is 3.48. The van der Waals surface area contributed by atoms with Crippen molar-refractivity contribution in [3.63, 3.8) is 0 Å². The second kappa shape index (κ2) is 5.77. The van der Waals surface area contributed by atoms with Crippen molar-refractivity contribution < 1.29 is 4.79 Å². The van der Waals surface area contributed by atoms with Crippen molar-refractivity contribution in [3.8, 4) is 0 Å². The number of anilines is 1. The zero-order valence-corrected chi connectivity index (χ0v) is 11.5. The Hall–Kier alpha value is -2.65. The van der Waals surface area contributed by atoms with Crippen molar-refractivity contribution >= 4 is 22.4 Å². The van der Waals surface area contributed by atoms with Gasteiger partial charge in [0.25, 0.3) is 5.91 Å². The van der Waals surface area contributed by atoms with E-state index in [0.29, 0.717) is 12.1 Å². The molecule has 104 valence electrons. The molecule has 0 heterocycles. The standard InChI is InChI=1S/C18H16N2O/c19-12-13-8-10-15(11-9-13)20-18(21)17-7-3-5-14-4-1-2-6-16(14)17/h1-11H,12,19H2,(H,20,21). The number of benzene rings is 3. The van der Waals surface area contributed by atoms with Gasteiger partial charge in [0.1, 0.15) is 0 Å². The zero-order chi connectivity index (χ0) is 14.7. The first-order chi connectivity index (χ1) is 10.3. The molecule has 0 aliphatic carbocycles. The summed E-state index contributed by atoms with van der Waals surface area (Å²) in [5.41, 5.74) is 8.05. The van der Waals surface area contributed by atoms with E-state index in [0.717, 1.165) is 22.0 Å². The van der Waals surface area contributed by atoms with Crippen molar-refractivity contribution in [2.45, 2.75) is 6.54 Å². The highest BCUT2D eigenvalue weighted by Crippen LogP contribution is 2.20. The number of hydrogen-bond donors (Lipinski definition) is 2. The largest absolute Gasteiger partial charge is 0.326 e. The average molecular weight is 276 g/mol. The molecule has 1 amide bonds. The van der Waals surface area contributed by atoms with Gasteiger partial charge in [0.2, 0.25) is 0 Å². The molecule has 0 saturated carbocycles. The van der Waals surface area contributed by atoms with E-state index in [4.69, 9.17) is 5.73 Å². The zero-order valence-electron chi connectivity index (χ0n) is 11.5. The van der Waals surface area contributed by atoms with E-state index in [9.17, 15) is 4.79 Å². The molecule has 3 rings (SSSR count). The molecule has 0 unspecified atom stereocenters. The lowest BCUT2D eigenvalue weighted by molar-refractivity contribution is 0.102. The Kier molecular flexibility index (Phi) is 3.67. The van der Waals surface area contributed by atoms with Gasteiger partial charge in [0.15, 0.2) is 0 Å². The van der Waals surface area contributed by atoms with Crippen molar-refractivity contribution in [1.82, 2.24) is 0 Å². The first-order valence-electron chi connectivity index (χ1n) is 6.86. The second-order valence-electron chi connectivity index (χ2n) is 4.88. The quantitative estimate of drug-likeness (QED) is 0.768. The summed E-state index contributed by atoms with van der Waals surface area (Å²) < 4.78 is 0. The second-order valence-corrected chi connectivity index (χ2v) is 4.88. The van der Waals surface area contributed by atoms with E-state index in [1.165, 1.54) is 0 Å². The van der Waals surface area contributed by atoms with Gasteiger partial charge in [-0.25, -0.2) is 0 Å². The molecule has 0 fully saturated rings. The Morgan fingerprint density at radius 1 is 0.905 bits per heavy atom. The lowest BCUT2D eigenvalue weighted by Crippen LogP contribution is -2.12. The SMILES string of the molecule is NCc1ccc(NC(=O)c2cccc3ccccc23)cc1. The van der Waals surface area contributed by atoms with Crippen LogP contribution >= 0.6 is 0 Å². The maximum absolute atomic E-state index is 12.4. The minimum atomic E-state index is -0.104. The number of amides is 1. The van der Waals surface area contributed by atoms with E-state index in [1.807, 2.05) is 66.7 Å². The normalized spacial score (nSPS) is 10.5. The number of carbonyl (C=O) groups is 1. The van der Waals surface area contributed by atoms with Crippen LogP contribution in [0.1, 0.15) is 15.9 Å². The maximum atomic E-state index is 12.4. The summed E-state index contributed by atoms with van der Waals surface area (Å²) in [5.74, 6) is -0.104. The van der Waals surface area contributed by atoms with Gasteiger partial charge in [-0.05, 0) is 34.5 Å². The summed E-state index contributed by atoms with van der Waals surface area (Å²) in [4.78, 5) is 12.4. The lowest BCUT2D eigenvalue weighted by atomic mass is 10.0. The number of fused-ring (bicyclic) bond motifs is 1. The highest BCUT2D eigenvalue weighted by molar-refractivity contribution is 6.12. The molecule has 3 aromatic rings. The minimum Gasteiger partial charge on any atom is -0.326 e. The van der Waals surface area contributed by atoms with Crippen molar-refractivity contribution in [2.24, 2.45) is 5.73 Å². The molecule has 0 saturated heterocycles. The van der Waals surface area contributed by atoms with E-state index in [1.54, 1.807) is 0 Å². The van der Waals surface area contributed by atoms with Gasteiger partial charge < -0.3 is 11.1 Å². The van der Waals surface area contributed by atoms with Crippen molar-refractivity contribution in [2.75, 3.05) is 5.32 Å². The van der Waals surface area contributed by atoms with Gasteiger partial charge in [0.05, 0.1) is 0 Å². The van der Waals surface area contributed by atoms with Crippen LogP contribution in [-0.4, -0.2) is 5.91 Å². The maximum Gasteiger partial charge on any atom is 0.256 e. The Labute approximate surface area is 123 Å². The summed E-state index contributed by atoms with van der Waals surface area (Å²) in [6, 6.07) is 21.2. The van der Waals surface area contributed by atoms with Crippen LogP contribution in [0.2, 0.25) is 0 Å². The summed E-state index contributed by atoms with van der Waals surface area (Å²) in [7, 11) is 0. The van der Waals surface area contributed by atoms with Crippen LogP contribution in [0, 0.1) is 0 Å². The Morgan fingerprint density at radius 3 is 2.38 bits per heavy atom. The number of nitrogens with two attached hydrogens (primary N) is 1. The molecule has 0 aliphatic rings. The summed E-state index contributed by atoms with van der Waals surface area (Å²) >= 11 is 0. The Bertz CT molecular complexity index is 773. The van der Waals surface area contributed by atoms with Gasteiger partial charge in [-0.2, -0.15) is 0 Å². The average Bonchev–Trinajstić information content (AvgIpc) is 2.55. The van der Waals surface area contributed by atoms with Crippen LogP contribution < -0.4 is 11.1 Å². The van der Waals surface area contributed by atoms with E-state index in [2.05, 4.69) is 5.32 Å².